The van der Waals surface area contributed by atoms with Crippen LogP contribution in [0.5, 0.6) is 0 Å². The SMILES string of the molecule is CC(C)(C)c1ccc2c3c1CCN3c1cc(N(c3ccccc3)c3ccccc3)cc3c1B2c1ccc(C(C)(C)C)c2c1N3CC2. The number of hydrogen-bond donors (Lipinski definition) is 0. The Bertz CT molecular complexity index is 1890. The van der Waals surface area contributed by atoms with Crippen LogP contribution < -0.4 is 31.1 Å². The van der Waals surface area contributed by atoms with Gasteiger partial charge in [0.2, 0.25) is 0 Å². The molecule has 4 aliphatic heterocycles. The fourth-order valence-corrected chi connectivity index (χ4v) is 9.04. The largest absolute Gasteiger partial charge is 0.342 e. The normalized spacial score (nSPS) is 15.6. The van der Waals surface area contributed by atoms with Crippen LogP contribution in [0.4, 0.5) is 39.8 Å². The number of anilines is 7. The van der Waals surface area contributed by atoms with Crippen LogP contribution in [0.2, 0.25) is 0 Å². The van der Waals surface area contributed by atoms with Crippen LogP contribution in [0.1, 0.15) is 63.8 Å². The van der Waals surface area contributed by atoms with E-state index in [0.717, 1.165) is 25.9 Å². The van der Waals surface area contributed by atoms with Gasteiger partial charge in [-0.2, -0.15) is 0 Å². The molecule has 0 unspecified atom stereocenters. The van der Waals surface area contributed by atoms with Gasteiger partial charge in [-0.3, -0.25) is 0 Å². The van der Waals surface area contributed by atoms with Crippen LogP contribution in [0.25, 0.3) is 0 Å². The lowest BCUT2D eigenvalue weighted by Crippen LogP contribution is -2.61. The maximum Gasteiger partial charge on any atom is 0.252 e. The second-order valence-electron chi connectivity index (χ2n) is 15.7. The van der Waals surface area contributed by atoms with Crippen molar-refractivity contribution in [1.82, 2.24) is 0 Å². The van der Waals surface area contributed by atoms with Gasteiger partial charge in [0.05, 0.1) is 5.69 Å². The first-order valence-electron chi connectivity index (χ1n) is 17.1. The Kier molecular flexibility index (Phi) is 5.78. The molecule has 0 bridgehead atoms. The molecule has 5 aromatic carbocycles. The zero-order valence-corrected chi connectivity index (χ0v) is 28.0. The average molecular weight is 600 g/mol. The van der Waals surface area contributed by atoms with Gasteiger partial charge < -0.3 is 14.7 Å². The summed E-state index contributed by atoms with van der Waals surface area (Å²) in [6.07, 6.45) is 2.18. The zero-order chi connectivity index (χ0) is 31.5. The van der Waals surface area contributed by atoms with E-state index in [-0.39, 0.29) is 17.5 Å². The molecule has 4 heterocycles. The highest BCUT2D eigenvalue weighted by Crippen LogP contribution is 2.49. The molecule has 0 spiro atoms. The van der Waals surface area contributed by atoms with E-state index < -0.39 is 0 Å². The van der Waals surface area contributed by atoms with Crippen LogP contribution in [0.15, 0.2) is 97.1 Å². The van der Waals surface area contributed by atoms with Crippen molar-refractivity contribution in [2.75, 3.05) is 27.8 Å². The lowest BCUT2D eigenvalue weighted by atomic mass is 9.33. The molecular weight excluding hydrogens is 557 g/mol. The highest BCUT2D eigenvalue weighted by atomic mass is 15.2. The van der Waals surface area contributed by atoms with Crippen molar-refractivity contribution >= 4 is 62.9 Å². The minimum atomic E-state index is 0.101. The Morgan fingerprint density at radius 3 is 1.39 bits per heavy atom. The van der Waals surface area contributed by atoms with Gasteiger partial charge in [0.1, 0.15) is 0 Å². The van der Waals surface area contributed by atoms with E-state index in [0.29, 0.717) is 0 Å². The first kappa shape index (κ1) is 27.8. The predicted octanol–water partition coefficient (Wildman–Crippen LogP) is 8.28. The summed E-state index contributed by atoms with van der Waals surface area (Å²) in [6.45, 7) is 16.5. The minimum absolute atomic E-state index is 0.101. The van der Waals surface area contributed by atoms with Gasteiger partial charge >= 0.3 is 0 Å². The number of rotatable bonds is 3. The van der Waals surface area contributed by atoms with Gasteiger partial charge in [-0.05, 0) is 98.7 Å². The molecule has 3 nitrogen and oxygen atoms in total. The molecule has 0 radical (unpaired) electrons. The van der Waals surface area contributed by atoms with E-state index in [1.54, 1.807) is 11.1 Å². The molecule has 0 aliphatic carbocycles. The first-order valence-corrected chi connectivity index (χ1v) is 17.1. The quantitative estimate of drug-likeness (QED) is 0.193. The van der Waals surface area contributed by atoms with Gasteiger partial charge in [0.25, 0.3) is 6.71 Å². The van der Waals surface area contributed by atoms with Crippen LogP contribution in [-0.4, -0.2) is 19.8 Å². The van der Waals surface area contributed by atoms with Crippen molar-refractivity contribution in [3.63, 3.8) is 0 Å². The summed E-state index contributed by atoms with van der Waals surface area (Å²) in [5.41, 5.74) is 20.0. The molecule has 46 heavy (non-hydrogen) atoms. The summed E-state index contributed by atoms with van der Waals surface area (Å²) in [5.74, 6) is 0. The molecule has 0 saturated carbocycles. The van der Waals surface area contributed by atoms with E-state index in [1.165, 1.54) is 67.3 Å². The molecule has 0 amide bonds. The summed E-state index contributed by atoms with van der Waals surface area (Å²) in [4.78, 5) is 7.80. The third-order valence-electron chi connectivity index (χ3n) is 10.9. The Morgan fingerprint density at radius 2 is 0.978 bits per heavy atom. The molecule has 4 aliphatic rings. The second-order valence-corrected chi connectivity index (χ2v) is 15.7. The van der Waals surface area contributed by atoms with Crippen LogP contribution in [-0.2, 0) is 23.7 Å². The van der Waals surface area contributed by atoms with Crippen molar-refractivity contribution in [1.29, 1.82) is 0 Å². The van der Waals surface area contributed by atoms with E-state index in [4.69, 9.17) is 0 Å². The van der Waals surface area contributed by atoms with Crippen molar-refractivity contribution in [3.8, 4) is 0 Å². The fraction of sp³-hybridized carbons (Fsp3) is 0.286. The van der Waals surface area contributed by atoms with E-state index >= 15 is 0 Å². The van der Waals surface area contributed by atoms with Crippen LogP contribution >= 0.6 is 0 Å². The van der Waals surface area contributed by atoms with Gasteiger partial charge in [0, 0.05) is 47.2 Å². The van der Waals surface area contributed by atoms with Crippen LogP contribution in [0.3, 0.4) is 0 Å². The van der Waals surface area contributed by atoms with E-state index in [9.17, 15) is 0 Å². The Hall–Kier alpha value is -4.44. The molecule has 228 valence electrons. The standard InChI is InChI=1S/C42H42BN3/c1-41(2,3)32-17-19-34-39-30(32)21-23-44(39)36-25-29(46(27-13-9-7-10-14-27)28-15-11-8-12-16-28)26-37-38(36)43(34)35-20-18-33(42(4,5)6)31-22-24-45(37)40(31)35/h7-20,25-26H,21-24H2,1-6H3. The van der Waals surface area contributed by atoms with Crippen molar-refractivity contribution < 1.29 is 0 Å². The molecule has 0 aromatic heterocycles. The summed E-state index contributed by atoms with van der Waals surface area (Å²) in [5, 5.41) is 0. The minimum Gasteiger partial charge on any atom is -0.342 e. The number of para-hydroxylation sites is 2. The van der Waals surface area contributed by atoms with Crippen molar-refractivity contribution in [3.05, 3.63) is 119 Å². The van der Waals surface area contributed by atoms with Crippen molar-refractivity contribution in [2.45, 2.75) is 65.2 Å². The number of hydrogen-bond acceptors (Lipinski definition) is 3. The molecule has 9 rings (SSSR count). The van der Waals surface area contributed by atoms with Gasteiger partial charge in [-0.15, -0.1) is 0 Å². The summed E-state index contributed by atoms with van der Waals surface area (Å²) >= 11 is 0. The van der Waals surface area contributed by atoms with Crippen LogP contribution in [0, 0.1) is 0 Å². The van der Waals surface area contributed by atoms with Gasteiger partial charge in [-0.1, -0.05) is 102 Å². The Balaban J connectivity index is 1.36. The first-order chi connectivity index (χ1) is 22.1. The highest BCUT2D eigenvalue weighted by Gasteiger charge is 2.48. The summed E-state index contributed by atoms with van der Waals surface area (Å²) < 4.78 is 0. The third-order valence-corrected chi connectivity index (χ3v) is 10.9. The predicted molar refractivity (Wildman–Crippen MR) is 197 cm³/mol. The Labute approximate surface area is 274 Å². The molecule has 0 saturated heterocycles. The summed E-state index contributed by atoms with van der Waals surface area (Å²) in [7, 11) is 0. The molecule has 5 aromatic rings. The zero-order valence-electron chi connectivity index (χ0n) is 28.0. The lowest BCUT2D eigenvalue weighted by molar-refractivity contribution is 0.584. The summed E-state index contributed by atoms with van der Waals surface area (Å²) in [6, 6.07) is 36.6. The van der Waals surface area contributed by atoms with Crippen molar-refractivity contribution in [2.24, 2.45) is 0 Å². The maximum atomic E-state index is 2.68. The third kappa shape index (κ3) is 3.85. The molecule has 4 heteroatoms. The number of nitrogens with zero attached hydrogens (tertiary/aromatic N) is 3. The molecule has 0 atom stereocenters. The fourth-order valence-electron chi connectivity index (χ4n) is 9.04. The monoisotopic (exact) mass is 599 g/mol. The molecule has 0 fully saturated rings. The maximum absolute atomic E-state index is 2.68. The lowest BCUT2D eigenvalue weighted by Gasteiger charge is -2.43. The Morgan fingerprint density at radius 1 is 0.543 bits per heavy atom. The second kappa shape index (κ2) is 9.54. The highest BCUT2D eigenvalue weighted by molar-refractivity contribution is 7.00. The van der Waals surface area contributed by atoms with E-state index in [1.807, 2.05) is 0 Å². The molecule has 0 N–H and O–H groups in total. The number of benzene rings is 5. The van der Waals surface area contributed by atoms with Gasteiger partial charge in [0.15, 0.2) is 0 Å². The smallest absolute Gasteiger partial charge is 0.252 e. The average Bonchev–Trinajstić information content (AvgIpc) is 3.68. The van der Waals surface area contributed by atoms with E-state index in [2.05, 4.69) is 153 Å². The molecular formula is C42H42BN3. The van der Waals surface area contributed by atoms with Gasteiger partial charge in [-0.25, -0.2) is 0 Å². The topological polar surface area (TPSA) is 9.72 Å². The number of fused-ring (bicyclic) bond motifs is 4.